The van der Waals surface area contributed by atoms with Crippen LogP contribution in [0.5, 0.6) is 17.2 Å². The summed E-state index contributed by atoms with van der Waals surface area (Å²) in [5.74, 6) is 2.01. The molecule has 30 heavy (non-hydrogen) atoms. The molecule has 2 aromatic rings. The van der Waals surface area contributed by atoms with Crippen molar-refractivity contribution >= 4 is 57.2 Å². The molecule has 3 rings (SSSR count). The molecule has 2 aromatic carbocycles. The van der Waals surface area contributed by atoms with E-state index in [0.29, 0.717) is 29.0 Å². The van der Waals surface area contributed by atoms with Gasteiger partial charge in [0.1, 0.15) is 5.75 Å². The molecule has 0 atom stereocenters. The average Bonchev–Trinajstić information content (AvgIpc) is 3.07. The second-order valence-corrected chi connectivity index (χ2v) is 8.48. The first-order chi connectivity index (χ1) is 14.5. The van der Waals surface area contributed by atoms with E-state index in [4.69, 9.17) is 14.2 Å². The van der Waals surface area contributed by atoms with Crippen molar-refractivity contribution in [2.45, 2.75) is 20.3 Å². The van der Waals surface area contributed by atoms with Gasteiger partial charge in [-0.25, -0.2) is 4.99 Å². The lowest BCUT2D eigenvalue weighted by atomic mass is 10.2. The number of methoxy groups -OCH3 is 1. The summed E-state index contributed by atoms with van der Waals surface area (Å²) in [6.07, 6.45) is 2.76. The number of hydrogen-bond donors (Lipinski definition) is 1. The van der Waals surface area contributed by atoms with E-state index >= 15 is 0 Å². The summed E-state index contributed by atoms with van der Waals surface area (Å²) < 4.78 is 17.7. The van der Waals surface area contributed by atoms with Crippen molar-refractivity contribution in [2.75, 3.05) is 20.3 Å². The molecule has 0 bridgehead atoms. The third-order valence-electron chi connectivity index (χ3n) is 4.03. The van der Waals surface area contributed by atoms with Crippen LogP contribution in [0, 0.1) is 3.57 Å². The van der Waals surface area contributed by atoms with Crippen molar-refractivity contribution in [3.05, 3.63) is 50.4 Å². The van der Waals surface area contributed by atoms with Gasteiger partial charge in [0.25, 0.3) is 5.91 Å². The Balaban J connectivity index is 1.83. The fraction of sp³-hybridized carbons (Fsp3) is 0.273. The van der Waals surface area contributed by atoms with Gasteiger partial charge in [0, 0.05) is 0 Å². The van der Waals surface area contributed by atoms with Crippen LogP contribution in [0.1, 0.15) is 25.8 Å². The Morgan fingerprint density at radius 2 is 1.93 bits per heavy atom. The second-order valence-electron chi connectivity index (χ2n) is 6.29. The zero-order valence-electron chi connectivity index (χ0n) is 17.0. The van der Waals surface area contributed by atoms with Gasteiger partial charge in [-0.3, -0.25) is 4.79 Å². The highest BCUT2D eigenvalue weighted by Gasteiger charge is 2.24. The maximum absolute atomic E-state index is 12.4. The minimum Gasteiger partial charge on any atom is -0.497 e. The molecule has 0 spiro atoms. The van der Waals surface area contributed by atoms with E-state index in [1.54, 1.807) is 7.11 Å². The van der Waals surface area contributed by atoms with E-state index in [1.807, 2.05) is 49.4 Å². The number of benzene rings is 2. The number of amides is 1. The topological polar surface area (TPSA) is 69.2 Å². The third-order valence-corrected chi connectivity index (χ3v) is 5.75. The molecule has 1 heterocycles. The Labute approximate surface area is 194 Å². The molecule has 1 N–H and O–H groups in total. The SMILES string of the molecule is CCCOc1c(I)cc(/C=C2/SC(=Nc3ccc(OC)cc3)NC2=O)cc1OCC. The first-order valence-corrected chi connectivity index (χ1v) is 11.5. The zero-order valence-corrected chi connectivity index (χ0v) is 20.0. The number of carbonyl (C=O) groups excluding carboxylic acids is 1. The summed E-state index contributed by atoms with van der Waals surface area (Å²) in [6, 6.07) is 11.2. The van der Waals surface area contributed by atoms with E-state index in [-0.39, 0.29) is 5.91 Å². The Kier molecular flexibility index (Phi) is 8.03. The number of nitrogens with one attached hydrogen (secondary N) is 1. The molecule has 1 fully saturated rings. The van der Waals surface area contributed by atoms with Crippen molar-refractivity contribution in [1.82, 2.24) is 5.32 Å². The van der Waals surface area contributed by atoms with Gasteiger partial charge in [-0.05, 0) is 95.7 Å². The predicted octanol–water partition coefficient (Wildman–Crippen LogP) is 5.38. The van der Waals surface area contributed by atoms with Crippen LogP contribution in [0.4, 0.5) is 5.69 Å². The summed E-state index contributed by atoms with van der Waals surface area (Å²) >= 11 is 3.54. The maximum Gasteiger partial charge on any atom is 0.264 e. The highest BCUT2D eigenvalue weighted by atomic mass is 127. The van der Waals surface area contributed by atoms with Crippen LogP contribution < -0.4 is 19.5 Å². The highest BCUT2D eigenvalue weighted by molar-refractivity contribution is 14.1. The largest absolute Gasteiger partial charge is 0.497 e. The van der Waals surface area contributed by atoms with Crippen LogP contribution in [0.15, 0.2) is 46.3 Å². The van der Waals surface area contributed by atoms with E-state index in [0.717, 1.165) is 32.7 Å². The van der Waals surface area contributed by atoms with Crippen LogP contribution in [0.3, 0.4) is 0 Å². The normalized spacial score (nSPS) is 16.1. The molecule has 1 aliphatic heterocycles. The van der Waals surface area contributed by atoms with Gasteiger partial charge >= 0.3 is 0 Å². The Bertz CT molecular complexity index is 974. The Morgan fingerprint density at radius 3 is 2.60 bits per heavy atom. The molecular weight excluding hydrogens is 515 g/mol. The first kappa shape index (κ1) is 22.5. The number of thioether (sulfide) groups is 1. The van der Waals surface area contributed by atoms with Crippen molar-refractivity contribution in [2.24, 2.45) is 4.99 Å². The van der Waals surface area contributed by atoms with E-state index < -0.39 is 0 Å². The quantitative estimate of drug-likeness (QED) is 0.361. The molecule has 8 heteroatoms. The van der Waals surface area contributed by atoms with Gasteiger partial charge in [0.2, 0.25) is 0 Å². The molecule has 1 aliphatic rings. The van der Waals surface area contributed by atoms with Crippen LogP contribution in [0.25, 0.3) is 6.08 Å². The summed E-state index contributed by atoms with van der Waals surface area (Å²) in [5.41, 5.74) is 1.61. The smallest absolute Gasteiger partial charge is 0.264 e. The molecule has 0 aliphatic carbocycles. The number of rotatable bonds is 8. The number of hydrogen-bond acceptors (Lipinski definition) is 6. The van der Waals surface area contributed by atoms with Crippen LogP contribution >= 0.6 is 34.4 Å². The van der Waals surface area contributed by atoms with Gasteiger partial charge in [-0.15, -0.1) is 0 Å². The van der Waals surface area contributed by atoms with Crippen molar-refractivity contribution in [1.29, 1.82) is 0 Å². The fourth-order valence-corrected chi connectivity index (χ4v) is 4.31. The van der Waals surface area contributed by atoms with E-state index in [2.05, 4.69) is 39.8 Å². The Morgan fingerprint density at radius 1 is 1.17 bits per heavy atom. The van der Waals surface area contributed by atoms with Crippen molar-refractivity contribution in [3.63, 3.8) is 0 Å². The van der Waals surface area contributed by atoms with Crippen molar-refractivity contribution < 1.29 is 19.0 Å². The summed E-state index contributed by atoms with van der Waals surface area (Å²) in [4.78, 5) is 17.5. The van der Waals surface area contributed by atoms with Gasteiger partial charge < -0.3 is 19.5 Å². The zero-order chi connectivity index (χ0) is 21.5. The van der Waals surface area contributed by atoms with Crippen LogP contribution in [0.2, 0.25) is 0 Å². The lowest BCUT2D eigenvalue weighted by molar-refractivity contribution is -0.115. The highest BCUT2D eigenvalue weighted by Crippen LogP contribution is 2.36. The average molecular weight is 538 g/mol. The summed E-state index contributed by atoms with van der Waals surface area (Å²) in [5, 5.41) is 3.35. The molecule has 0 unspecified atom stereocenters. The monoisotopic (exact) mass is 538 g/mol. The van der Waals surface area contributed by atoms with Crippen molar-refractivity contribution in [3.8, 4) is 17.2 Å². The van der Waals surface area contributed by atoms with Gasteiger partial charge in [0.05, 0.1) is 34.5 Å². The number of nitrogens with zero attached hydrogens (tertiary/aromatic N) is 1. The number of halogens is 1. The van der Waals surface area contributed by atoms with Crippen LogP contribution in [-0.2, 0) is 4.79 Å². The molecule has 1 amide bonds. The molecular formula is C22H23IN2O4S. The Hall–Kier alpha value is -2.20. The number of ether oxygens (including phenoxy) is 3. The maximum atomic E-state index is 12.4. The number of aliphatic imine (C=N–C) groups is 1. The molecule has 0 aromatic heterocycles. The first-order valence-electron chi connectivity index (χ1n) is 9.56. The van der Waals surface area contributed by atoms with E-state index in [1.165, 1.54) is 11.8 Å². The minimum atomic E-state index is -0.175. The van der Waals surface area contributed by atoms with Gasteiger partial charge in [0.15, 0.2) is 16.7 Å². The molecule has 1 saturated heterocycles. The predicted molar refractivity (Wildman–Crippen MR) is 130 cm³/mol. The fourth-order valence-electron chi connectivity index (χ4n) is 2.68. The van der Waals surface area contributed by atoms with Crippen LogP contribution in [-0.4, -0.2) is 31.4 Å². The van der Waals surface area contributed by atoms with E-state index in [9.17, 15) is 4.79 Å². The van der Waals surface area contributed by atoms with Gasteiger partial charge in [-0.1, -0.05) is 6.92 Å². The number of amidine groups is 1. The number of carbonyl (C=O) groups is 1. The third kappa shape index (κ3) is 5.69. The molecule has 6 nitrogen and oxygen atoms in total. The standard InChI is InChI=1S/C22H23IN2O4S/c1-4-10-29-20-17(23)11-14(12-18(20)28-5-2)13-19-21(26)25-22(30-19)24-15-6-8-16(27-3)9-7-15/h6-9,11-13H,4-5,10H2,1-3H3,(H,24,25,26)/b19-13+. The molecule has 0 saturated carbocycles. The second kappa shape index (κ2) is 10.7. The lowest BCUT2D eigenvalue weighted by Crippen LogP contribution is -2.19. The lowest BCUT2D eigenvalue weighted by Gasteiger charge is -2.14. The molecule has 0 radical (unpaired) electrons. The summed E-state index contributed by atoms with van der Waals surface area (Å²) in [7, 11) is 1.62. The van der Waals surface area contributed by atoms with Gasteiger partial charge in [-0.2, -0.15) is 0 Å². The summed E-state index contributed by atoms with van der Waals surface area (Å²) in [6.45, 7) is 5.16. The molecule has 158 valence electrons. The minimum absolute atomic E-state index is 0.175.